The summed E-state index contributed by atoms with van der Waals surface area (Å²) in [5.74, 6) is 1.59. The van der Waals surface area contributed by atoms with E-state index in [4.69, 9.17) is 4.74 Å². The lowest BCUT2D eigenvalue weighted by Gasteiger charge is -2.53. The van der Waals surface area contributed by atoms with Gasteiger partial charge in [0.05, 0.1) is 12.6 Å². The van der Waals surface area contributed by atoms with Gasteiger partial charge in [-0.2, -0.15) is 0 Å². The smallest absolute Gasteiger partial charge is 0.410 e. The molecule has 0 spiro atoms. The largest absolute Gasteiger partial charge is 0.445 e. The number of rotatable bonds is 8. The molecule has 4 aliphatic carbocycles. The Hall–Kier alpha value is -3.37. The van der Waals surface area contributed by atoms with E-state index in [1.165, 1.54) is 11.3 Å². The molecule has 3 amide bonds. The van der Waals surface area contributed by atoms with E-state index < -0.39 is 30.2 Å². The molecule has 3 N–H and O–H groups in total. The lowest BCUT2D eigenvalue weighted by Crippen LogP contribution is -2.55. The summed E-state index contributed by atoms with van der Waals surface area (Å²) < 4.78 is 7.05. The molecule has 45 heavy (non-hydrogen) atoms. The zero-order valence-electron chi connectivity index (χ0n) is 25.5. The lowest BCUT2D eigenvalue weighted by molar-refractivity contribution is -0.137. The molecule has 3 atom stereocenters. The average Bonchev–Trinajstić information content (AvgIpc) is 3.62. The quantitative estimate of drug-likeness (QED) is 0.310. The SMILES string of the molecule is CN(Cc1ccccc1Br)C(=O)C(Cc1c[nH]c2ccccc12)NC(=O)C1C[C@@H](O)CN1C(=O)OC1C2CC3CC(C2)CC1C3. The summed E-state index contributed by atoms with van der Waals surface area (Å²) in [5.41, 5.74) is 2.80. The fraction of sp³-hybridized carbons (Fsp3) is 0.514. The van der Waals surface area contributed by atoms with Gasteiger partial charge in [0.1, 0.15) is 18.2 Å². The molecular weight excluding hydrogens is 636 g/mol. The van der Waals surface area contributed by atoms with E-state index in [1.54, 1.807) is 11.9 Å². The number of carbonyl (C=O) groups excluding carboxylic acids is 3. The Labute approximate surface area is 271 Å². The number of para-hydroxylation sites is 1. The molecule has 1 aromatic heterocycles. The van der Waals surface area contributed by atoms with E-state index in [0.717, 1.165) is 64.0 Å². The summed E-state index contributed by atoms with van der Waals surface area (Å²) in [7, 11) is 1.73. The van der Waals surface area contributed by atoms with Crippen molar-refractivity contribution in [2.45, 2.75) is 75.8 Å². The number of aliphatic hydroxyl groups excluding tert-OH is 1. The Morgan fingerprint density at radius 1 is 1.00 bits per heavy atom. The van der Waals surface area contributed by atoms with Crippen LogP contribution in [0.2, 0.25) is 0 Å². The van der Waals surface area contributed by atoms with E-state index in [2.05, 4.69) is 26.2 Å². The molecule has 10 heteroatoms. The standard InChI is InChI=1S/C35H41BrN4O5/c1-39(18-22-6-2-4-8-28(22)36)34(43)30(15-25-17-37-29-9-5-3-7-27(25)29)38-33(42)31-16-26(41)19-40(31)35(44)45-32-23-11-20-10-21(13-23)14-24(32)12-20/h2-9,17,20-21,23-24,26,30-32,37,41H,10-16,18-19H2,1H3,(H,38,42)/t20?,21?,23?,24?,26-,30?,31?,32?/m1/s1. The first-order valence-electron chi connectivity index (χ1n) is 16.2. The van der Waals surface area contributed by atoms with Crippen molar-refractivity contribution in [3.05, 3.63) is 70.3 Å². The normalized spacial score (nSPS) is 29.1. The molecule has 238 valence electrons. The van der Waals surface area contributed by atoms with Crippen LogP contribution in [0.25, 0.3) is 10.9 Å². The molecule has 2 unspecified atom stereocenters. The Bertz CT molecular complexity index is 1560. The number of aromatic nitrogens is 1. The van der Waals surface area contributed by atoms with Gasteiger partial charge in [-0.25, -0.2) is 4.79 Å². The predicted octanol–water partition coefficient (Wildman–Crippen LogP) is 5.01. The highest BCUT2D eigenvalue weighted by Gasteiger charge is 2.51. The highest BCUT2D eigenvalue weighted by molar-refractivity contribution is 9.10. The number of halogens is 1. The van der Waals surface area contributed by atoms with Gasteiger partial charge in [-0.1, -0.05) is 52.3 Å². The monoisotopic (exact) mass is 676 g/mol. The second-order valence-corrected chi connectivity index (χ2v) is 14.6. The number of hydrogen-bond acceptors (Lipinski definition) is 5. The molecule has 1 aliphatic heterocycles. The molecule has 2 aromatic carbocycles. The first-order valence-corrected chi connectivity index (χ1v) is 17.0. The van der Waals surface area contributed by atoms with E-state index in [0.29, 0.717) is 18.4 Å². The van der Waals surface area contributed by atoms with E-state index in [1.807, 2.05) is 54.7 Å². The van der Waals surface area contributed by atoms with Gasteiger partial charge in [0.2, 0.25) is 11.8 Å². The topological polar surface area (TPSA) is 115 Å². The molecule has 8 rings (SSSR count). The zero-order valence-corrected chi connectivity index (χ0v) is 27.1. The van der Waals surface area contributed by atoms with E-state index >= 15 is 0 Å². The van der Waals surface area contributed by atoms with Gasteiger partial charge in [-0.15, -0.1) is 0 Å². The maximum absolute atomic E-state index is 14.0. The van der Waals surface area contributed by atoms with Gasteiger partial charge in [-0.3, -0.25) is 14.5 Å². The summed E-state index contributed by atoms with van der Waals surface area (Å²) in [6.07, 6.45) is 6.51. The average molecular weight is 678 g/mol. The number of fused-ring (bicyclic) bond motifs is 1. The number of likely N-dealkylation sites (N-methyl/N-ethyl adjacent to an activating group) is 1. The number of H-pyrrole nitrogens is 1. The predicted molar refractivity (Wildman–Crippen MR) is 173 cm³/mol. The Morgan fingerprint density at radius 3 is 2.42 bits per heavy atom. The number of amides is 3. The minimum absolute atomic E-state index is 0.0349. The van der Waals surface area contributed by atoms with Crippen molar-refractivity contribution in [3.63, 3.8) is 0 Å². The summed E-state index contributed by atoms with van der Waals surface area (Å²) in [4.78, 5) is 47.8. The minimum Gasteiger partial charge on any atom is -0.445 e. The Morgan fingerprint density at radius 2 is 1.69 bits per heavy atom. The third kappa shape index (κ3) is 6.11. The van der Waals surface area contributed by atoms with Crippen LogP contribution in [-0.4, -0.2) is 75.7 Å². The maximum atomic E-state index is 14.0. The number of aliphatic hydroxyl groups is 1. The summed E-state index contributed by atoms with van der Waals surface area (Å²) in [6, 6.07) is 13.8. The zero-order chi connectivity index (χ0) is 31.2. The fourth-order valence-electron chi connectivity index (χ4n) is 8.73. The second kappa shape index (κ2) is 12.4. The number of likely N-dealkylation sites (tertiary alicyclic amines) is 1. The maximum Gasteiger partial charge on any atom is 0.410 e. The van der Waals surface area contributed by atoms with Crippen LogP contribution in [0.1, 0.15) is 49.7 Å². The number of nitrogens with one attached hydrogen (secondary N) is 2. The Kier molecular flexibility index (Phi) is 8.37. The lowest BCUT2D eigenvalue weighted by atomic mass is 9.55. The fourth-order valence-corrected chi connectivity index (χ4v) is 9.14. The molecular formula is C35H41BrN4O5. The van der Waals surface area contributed by atoms with Gasteiger partial charge in [0.25, 0.3) is 0 Å². The van der Waals surface area contributed by atoms with Crippen LogP contribution >= 0.6 is 15.9 Å². The molecule has 4 bridgehead atoms. The number of benzene rings is 2. The van der Waals surface area contributed by atoms with Gasteiger partial charge in [-0.05, 0) is 79.0 Å². The molecule has 2 heterocycles. The van der Waals surface area contributed by atoms with Gasteiger partial charge in [0, 0.05) is 48.0 Å². The first-order chi connectivity index (χ1) is 21.7. The summed E-state index contributed by atoms with van der Waals surface area (Å²) in [6.45, 7) is 0.389. The highest BCUT2D eigenvalue weighted by Crippen LogP contribution is 2.54. The van der Waals surface area contributed by atoms with Crippen LogP contribution in [0, 0.1) is 23.7 Å². The number of carbonyl (C=O) groups is 3. The molecule has 5 aliphatic rings. The first kappa shape index (κ1) is 30.3. The molecule has 4 saturated carbocycles. The van der Waals surface area contributed by atoms with Crippen molar-refractivity contribution in [2.24, 2.45) is 23.7 Å². The van der Waals surface area contributed by atoms with Crippen LogP contribution < -0.4 is 5.32 Å². The van der Waals surface area contributed by atoms with Crippen molar-refractivity contribution in [1.82, 2.24) is 20.1 Å². The van der Waals surface area contributed by atoms with Crippen LogP contribution in [0.15, 0.2) is 59.2 Å². The third-order valence-corrected chi connectivity index (χ3v) is 11.4. The van der Waals surface area contributed by atoms with Crippen molar-refractivity contribution in [2.75, 3.05) is 13.6 Å². The van der Waals surface area contributed by atoms with Crippen LogP contribution in [0.5, 0.6) is 0 Å². The summed E-state index contributed by atoms with van der Waals surface area (Å²) in [5, 5.41) is 14.6. The molecule has 0 radical (unpaired) electrons. The van der Waals surface area contributed by atoms with Crippen LogP contribution in [-0.2, 0) is 27.3 Å². The van der Waals surface area contributed by atoms with E-state index in [-0.39, 0.29) is 31.4 Å². The van der Waals surface area contributed by atoms with E-state index in [9.17, 15) is 19.5 Å². The Balaban J connectivity index is 1.09. The van der Waals surface area contributed by atoms with Crippen molar-refractivity contribution in [3.8, 4) is 0 Å². The van der Waals surface area contributed by atoms with Gasteiger partial charge < -0.3 is 25.0 Å². The van der Waals surface area contributed by atoms with Crippen LogP contribution in [0.3, 0.4) is 0 Å². The highest BCUT2D eigenvalue weighted by atomic mass is 79.9. The number of aromatic amines is 1. The molecule has 3 aromatic rings. The number of nitrogens with zero attached hydrogens (tertiary/aromatic N) is 2. The number of hydrogen-bond donors (Lipinski definition) is 3. The second-order valence-electron chi connectivity index (χ2n) is 13.7. The molecule has 5 fully saturated rings. The number of ether oxygens (including phenoxy) is 1. The van der Waals surface area contributed by atoms with Crippen molar-refractivity contribution >= 4 is 44.7 Å². The number of β-amino-alcohol motifs (C(OH)–C–C–N with tert-alkyl or cyclic N) is 1. The molecule has 9 nitrogen and oxygen atoms in total. The van der Waals surface area contributed by atoms with Gasteiger partial charge in [0.15, 0.2) is 0 Å². The molecule has 1 saturated heterocycles. The summed E-state index contributed by atoms with van der Waals surface area (Å²) >= 11 is 3.57. The minimum atomic E-state index is -0.920. The van der Waals surface area contributed by atoms with Crippen molar-refractivity contribution in [1.29, 1.82) is 0 Å². The van der Waals surface area contributed by atoms with Gasteiger partial charge >= 0.3 is 6.09 Å². The third-order valence-electron chi connectivity index (χ3n) is 10.6. The van der Waals surface area contributed by atoms with Crippen LogP contribution in [0.4, 0.5) is 4.79 Å². The van der Waals surface area contributed by atoms with Crippen molar-refractivity contribution < 1.29 is 24.2 Å².